The van der Waals surface area contributed by atoms with Crippen LogP contribution in [0.25, 0.3) is 11.5 Å². The lowest BCUT2D eigenvalue weighted by molar-refractivity contribution is 0.139. The number of carboxylic acid groups (broad SMARTS) is 1. The Kier molecular flexibility index (Phi) is 4.10. The van der Waals surface area contributed by atoms with Gasteiger partial charge in [-0.2, -0.15) is 0 Å². The molecule has 7 heteroatoms. The number of nitrogens with zero attached hydrogens (tertiary/aromatic N) is 4. The second-order valence-electron chi connectivity index (χ2n) is 7.29. The Bertz CT molecular complexity index is 896. The highest BCUT2D eigenvalue weighted by atomic mass is 16.4. The van der Waals surface area contributed by atoms with Gasteiger partial charge in [0.25, 0.3) is 5.56 Å². The highest BCUT2D eigenvalue weighted by molar-refractivity contribution is 5.65. The molecule has 0 fully saturated rings. The van der Waals surface area contributed by atoms with Crippen molar-refractivity contribution in [3.05, 3.63) is 45.5 Å². The molecule has 1 aliphatic rings. The molecule has 2 aromatic heterocycles. The van der Waals surface area contributed by atoms with Crippen molar-refractivity contribution >= 4 is 6.09 Å². The molecule has 1 aliphatic heterocycles. The van der Waals surface area contributed by atoms with Crippen molar-refractivity contribution in [1.29, 1.82) is 0 Å². The van der Waals surface area contributed by atoms with Crippen LogP contribution in [0.2, 0.25) is 0 Å². The van der Waals surface area contributed by atoms with E-state index in [0.717, 1.165) is 5.69 Å². The van der Waals surface area contributed by atoms with Gasteiger partial charge in [0.2, 0.25) is 0 Å². The molecule has 0 saturated heterocycles. The lowest BCUT2D eigenvalue weighted by atomic mass is 10.0. The van der Waals surface area contributed by atoms with Crippen molar-refractivity contribution in [2.45, 2.75) is 46.2 Å². The summed E-state index contributed by atoms with van der Waals surface area (Å²) in [5.74, 6) is 0.531. The molecule has 25 heavy (non-hydrogen) atoms. The van der Waals surface area contributed by atoms with E-state index in [1.165, 1.54) is 4.90 Å². The van der Waals surface area contributed by atoms with E-state index < -0.39 is 11.6 Å². The maximum Gasteiger partial charge on any atom is 0.407 e. The fourth-order valence-corrected chi connectivity index (χ4v) is 3.10. The third kappa shape index (κ3) is 3.14. The van der Waals surface area contributed by atoms with Crippen molar-refractivity contribution < 1.29 is 9.90 Å². The molecule has 132 valence electrons. The number of hydrogen-bond donors (Lipinski definition) is 1. The van der Waals surface area contributed by atoms with E-state index in [1.807, 2.05) is 45.9 Å². The van der Waals surface area contributed by atoms with E-state index in [4.69, 9.17) is 4.98 Å². The Morgan fingerprint density at radius 1 is 1.24 bits per heavy atom. The number of rotatable bonds is 1. The third-order valence-electron chi connectivity index (χ3n) is 4.29. The molecule has 2 aromatic rings. The summed E-state index contributed by atoms with van der Waals surface area (Å²) in [7, 11) is 0. The van der Waals surface area contributed by atoms with Crippen LogP contribution in [0.5, 0.6) is 0 Å². The Hall–Kier alpha value is -2.70. The highest BCUT2D eigenvalue weighted by Gasteiger charge is 2.30. The van der Waals surface area contributed by atoms with Crippen molar-refractivity contribution in [2.24, 2.45) is 0 Å². The van der Waals surface area contributed by atoms with Gasteiger partial charge < -0.3 is 10.0 Å². The smallest absolute Gasteiger partial charge is 0.407 e. The lowest BCUT2D eigenvalue weighted by Gasteiger charge is -2.30. The van der Waals surface area contributed by atoms with E-state index >= 15 is 0 Å². The number of pyridine rings is 1. The third-order valence-corrected chi connectivity index (χ3v) is 4.29. The van der Waals surface area contributed by atoms with Gasteiger partial charge in [-0.05, 0) is 39.8 Å². The quantitative estimate of drug-likeness (QED) is 0.860. The molecule has 3 heterocycles. The first kappa shape index (κ1) is 17.1. The van der Waals surface area contributed by atoms with Gasteiger partial charge in [0, 0.05) is 24.2 Å². The van der Waals surface area contributed by atoms with E-state index in [0.29, 0.717) is 35.7 Å². The predicted octanol–water partition coefficient (Wildman–Crippen LogP) is 2.40. The SMILES string of the molecule is Cc1cccc(-c2nc3c(c(=O)n2C(C)(C)C)CN(C(=O)O)CC3)n1. The number of aromatic nitrogens is 3. The van der Waals surface area contributed by atoms with Gasteiger partial charge in [-0.25, -0.2) is 14.8 Å². The highest BCUT2D eigenvalue weighted by Crippen LogP contribution is 2.24. The first-order valence-corrected chi connectivity index (χ1v) is 8.25. The molecule has 0 atom stereocenters. The molecule has 0 aromatic carbocycles. The van der Waals surface area contributed by atoms with Crippen LogP contribution >= 0.6 is 0 Å². The monoisotopic (exact) mass is 342 g/mol. The average Bonchev–Trinajstić information content (AvgIpc) is 2.53. The maximum absolute atomic E-state index is 13.2. The van der Waals surface area contributed by atoms with E-state index in [1.54, 1.807) is 4.57 Å². The number of hydrogen-bond acceptors (Lipinski definition) is 4. The average molecular weight is 342 g/mol. The second kappa shape index (κ2) is 5.98. The van der Waals surface area contributed by atoms with E-state index in [9.17, 15) is 14.7 Å². The first-order chi connectivity index (χ1) is 11.7. The molecule has 0 saturated carbocycles. The lowest BCUT2D eigenvalue weighted by Crippen LogP contribution is -2.44. The molecule has 0 radical (unpaired) electrons. The molecule has 1 amide bonds. The van der Waals surface area contributed by atoms with Crippen LogP contribution in [0.4, 0.5) is 4.79 Å². The fraction of sp³-hybridized carbons (Fsp3) is 0.444. The number of fused-ring (bicyclic) bond motifs is 1. The van der Waals surface area contributed by atoms with Gasteiger partial charge in [-0.3, -0.25) is 9.36 Å². The Balaban J connectivity index is 2.26. The minimum absolute atomic E-state index is 0.0775. The summed E-state index contributed by atoms with van der Waals surface area (Å²) in [5, 5.41) is 9.23. The minimum Gasteiger partial charge on any atom is -0.465 e. The molecule has 1 N–H and O–H groups in total. The minimum atomic E-state index is -1.02. The van der Waals surface area contributed by atoms with Gasteiger partial charge in [0.05, 0.1) is 17.8 Å². The Morgan fingerprint density at radius 2 is 1.96 bits per heavy atom. The van der Waals surface area contributed by atoms with Crippen LogP contribution in [-0.2, 0) is 18.5 Å². The van der Waals surface area contributed by atoms with E-state index in [-0.39, 0.29) is 12.1 Å². The number of carbonyl (C=O) groups is 1. The Morgan fingerprint density at radius 3 is 2.56 bits per heavy atom. The normalized spacial score (nSPS) is 14.3. The molecule has 0 unspecified atom stereocenters. The summed E-state index contributed by atoms with van der Waals surface area (Å²) in [4.78, 5) is 35.0. The second-order valence-corrected chi connectivity index (χ2v) is 7.29. The van der Waals surface area contributed by atoms with Gasteiger partial charge in [-0.15, -0.1) is 0 Å². The van der Waals surface area contributed by atoms with Crippen LogP contribution < -0.4 is 5.56 Å². The van der Waals surface area contributed by atoms with E-state index in [2.05, 4.69) is 4.98 Å². The molecule has 0 bridgehead atoms. The number of amides is 1. The summed E-state index contributed by atoms with van der Waals surface area (Å²) in [6.45, 7) is 8.11. The zero-order chi connectivity index (χ0) is 18.4. The van der Waals surface area contributed by atoms with Crippen molar-refractivity contribution in [3.8, 4) is 11.5 Å². The molecular formula is C18H22N4O3. The van der Waals surface area contributed by atoms with Gasteiger partial charge >= 0.3 is 6.09 Å². The summed E-state index contributed by atoms with van der Waals surface area (Å²) in [5.41, 5.74) is 1.92. The topological polar surface area (TPSA) is 88.3 Å². The molecule has 7 nitrogen and oxygen atoms in total. The molecule has 0 spiro atoms. The van der Waals surface area contributed by atoms with Crippen LogP contribution in [0, 0.1) is 6.92 Å². The van der Waals surface area contributed by atoms with Gasteiger partial charge in [-0.1, -0.05) is 6.07 Å². The summed E-state index contributed by atoms with van der Waals surface area (Å²) >= 11 is 0. The largest absolute Gasteiger partial charge is 0.465 e. The van der Waals surface area contributed by atoms with Crippen molar-refractivity contribution in [1.82, 2.24) is 19.4 Å². The van der Waals surface area contributed by atoms with Crippen LogP contribution in [0.1, 0.15) is 37.7 Å². The van der Waals surface area contributed by atoms with Gasteiger partial charge in [0.1, 0.15) is 5.69 Å². The first-order valence-electron chi connectivity index (χ1n) is 8.25. The zero-order valence-electron chi connectivity index (χ0n) is 14.9. The summed E-state index contributed by atoms with van der Waals surface area (Å²) < 4.78 is 1.62. The van der Waals surface area contributed by atoms with Crippen LogP contribution in [-0.4, -0.2) is 37.2 Å². The Labute approximate surface area is 146 Å². The number of aryl methyl sites for hydroxylation is 1. The summed E-state index contributed by atoms with van der Waals surface area (Å²) in [6, 6.07) is 5.63. The molecule has 0 aliphatic carbocycles. The molecular weight excluding hydrogens is 320 g/mol. The van der Waals surface area contributed by atoms with Gasteiger partial charge in [0.15, 0.2) is 5.82 Å². The van der Waals surface area contributed by atoms with Crippen molar-refractivity contribution in [3.63, 3.8) is 0 Å². The zero-order valence-corrected chi connectivity index (χ0v) is 14.9. The summed E-state index contributed by atoms with van der Waals surface area (Å²) in [6.07, 6.45) is -0.586. The molecule has 3 rings (SSSR count). The predicted molar refractivity (Wildman–Crippen MR) is 93.6 cm³/mol. The van der Waals surface area contributed by atoms with Crippen molar-refractivity contribution in [2.75, 3.05) is 6.54 Å². The standard InChI is InChI=1S/C18H22N4O3/c1-11-6-5-7-14(19-11)15-20-13-8-9-21(17(24)25)10-12(13)16(23)22(15)18(2,3)4/h5-7H,8-10H2,1-4H3,(H,24,25). The van der Waals surface area contributed by atoms with Crippen LogP contribution in [0.3, 0.4) is 0 Å². The van der Waals surface area contributed by atoms with Crippen LogP contribution in [0.15, 0.2) is 23.0 Å². The maximum atomic E-state index is 13.2. The fourth-order valence-electron chi connectivity index (χ4n) is 3.10.